The Kier molecular flexibility index (Phi) is 5.08. The molecule has 0 fully saturated rings. The summed E-state index contributed by atoms with van der Waals surface area (Å²) in [4.78, 5) is 10.6. The first-order chi connectivity index (χ1) is 10.8. The topological polar surface area (TPSA) is 41.1 Å². The van der Waals surface area contributed by atoms with Gasteiger partial charge < -0.3 is 10.2 Å². The van der Waals surface area contributed by atoms with Crippen molar-refractivity contribution in [1.29, 1.82) is 0 Å². The van der Waals surface area contributed by atoms with Crippen molar-refractivity contribution in [2.75, 3.05) is 23.3 Å². The van der Waals surface area contributed by atoms with Crippen molar-refractivity contribution in [3.63, 3.8) is 0 Å². The Balaban J connectivity index is 2.38. The maximum Gasteiger partial charge on any atom is 0.418 e. The molecule has 1 aromatic carbocycles. The molecule has 0 radical (unpaired) electrons. The van der Waals surface area contributed by atoms with E-state index in [0.29, 0.717) is 17.5 Å². The minimum atomic E-state index is -4.42. The molecule has 0 atom stereocenters. The molecule has 0 aliphatic rings. The van der Waals surface area contributed by atoms with Crippen molar-refractivity contribution in [1.82, 2.24) is 9.97 Å². The van der Waals surface area contributed by atoms with Crippen LogP contribution in [0.25, 0.3) is 0 Å². The molecular weight excluding hydrogens is 305 g/mol. The average Bonchev–Trinajstić information content (AvgIpc) is 2.47. The van der Waals surface area contributed by atoms with Gasteiger partial charge >= 0.3 is 6.18 Å². The van der Waals surface area contributed by atoms with E-state index in [9.17, 15) is 13.2 Å². The van der Waals surface area contributed by atoms with Crippen LogP contribution >= 0.6 is 0 Å². The predicted octanol–water partition coefficient (Wildman–Crippen LogP) is 4.39. The third-order valence-corrected chi connectivity index (χ3v) is 3.38. The highest BCUT2D eigenvalue weighted by atomic mass is 19.4. The van der Waals surface area contributed by atoms with Crippen molar-refractivity contribution < 1.29 is 13.2 Å². The van der Waals surface area contributed by atoms with Crippen LogP contribution in [0.15, 0.2) is 30.3 Å². The maximum atomic E-state index is 13.1. The summed E-state index contributed by atoms with van der Waals surface area (Å²) in [5, 5.41) is 2.77. The molecule has 1 N–H and O–H groups in total. The number of para-hydroxylation sites is 1. The van der Waals surface area contributed by atoms with Gasteiger partial charge in [-0.15, -0.1) is 0 Å². The summed E-state index contributed by atoms with van der Waals surface area (Å²) in [5.74, 6) is 0.845. The van der Waals surface area contributed by atoms with Crippen molar-refractivity contribution in [2.45, 2.75) is 26.9 Å². The average molecular weight is 324 g/mol. The van der Waals surface area contributed by atoms with E-state index in [4.69, 9.17) is 0 Å². The van der Waals surface area contributed by atoms with Crippen LogP contribution in [0, 0.1) is 6.92 Å². The molecule has 7 heteroatoms. The van der Waals surface area contributed by atoms with Gasteiger partial charge in [0.25, 0.3) is 0 Å². The second-order valence-corrected chi connectivity index (χ2v) is 5.04. The standard InChI is InChI=1S/C16H19F3N4/c1-4-23(5-2)15-20-11(3)10-14(22-15)21-13-9-7-6-8-12(13)16(17,18)19/h6-10H,4-5H2,1-3H3,(H,20,21,22). The first-order valence-electron chi connectivity index (χ1n) is 7.39. The van der Waals surface area contributed by atoms with Crippen molar-refractivity contribution in [2.24, 2.45) is 0 Å². The van der Waals surface area contributed by atoms with Gasteiger partial charge in [-0.3, -0.25) is 0 Å². The summed E-state index contributed by atoms with van der Waals surface area (Å²) in [6.07, 6.45) is -4.42. The van der Waals surface area contributed by atoms with Gasteiger partial charge in [0.1, 0.15) is 5.82 Å². The number of nitrogens with zero attached hydrogens (tertiary/aromatic N) is 3. The molecule has 0 amide bonds. The van der Waals surface area contributed by atoms with Gasteiger partial charge in [0.05, 0.1) is 11.3 Å². The summed E-state index contributed by atoms with van der Waals surface area (Å²) in [6.45, 7) is 7.18. The Morgan fingerprint density at radius 3 is 2.35 bits per heavy atom. The van der Waals surface area contributed by atoms with Crippen LogP contribution in [0.1, 0.15) is 25.1 Å². The van der Waals surface area contributed by atoms with Crippen LogP contribution in [0.5, 0.6) is 0 Å². The number of aryl methyl sites for hydroxylation is 1. The molecule has 2 aromatic rings. The Bertz CT molecular complexity index is 667. The number of rotatable bonds is 5. The third-order valence-electron chi connectivity index (χ3n) is 3.38. The Labute approximate surface area is 133 Å². The molecule has 0 spiro atoms. The molecule has 0 saturated heterocycles. The van der Waals surface area contributed by atoms with E-state index in [1.54, 1.807) is 19.1 Å². The minimum Gasteiger partial charge on any atom is -0.341 e. The Hall–Kier alpha value is -2.31. The van der Waals surface area contributed by atoms with Crippen LogP contribution in [-0.4, -0.2) is 23.1 Å². The normalized spacial score (nSPS) is 11.4. The molecule has 1 heterocycles. The molecule has 0 aliphatic carbocycles. The largest absolute Gasteiger partial charge is 0.418 e. The van der Waals surface area contributed by atoms with E-state index < -0.39 is 11.7 Å². The van der Waals surface area contributed by atoms with Gasteiger partial charge in [0.2, 0.25) is 5.95 Å². The smallest absolute Gasteiger partial charge is 0.341 e. The fourth-order valence-corrected chi connectivity index (χ4v) is 2.24. The number of anilines is 3. The van der Waals surface area contributed by atoms with E-state index in [0.717, 1.165) is 19.2 Å². The summed E-state index contributed by atoms with van der Waals surface area (Å²) in [7, 11) is 0. The first-order valence-corrected chi connectivity index (χ1v) is 7.39. The Morgan fingerprint density at radius 1 is 1.09 bits per heavy atom. The Morgan fingerprint density at radius 2 is 1.74 bits per heavy atom. The van der Waals surface area contributed by atoms with E-state index >= 15 is 0 Å². The summed E-state index contributed by atoms with van der Waals surface area (Å²) < 4.78 is 39.2. The number of alkyl halides is 3. The molecule has 1 aromatic heterocycles. The molecule has 4 nitrogen and oxygen atoms in total. The number of hydrogen-bond acceptors (Lipinski definition) is 4. The molecule has 2 rings (SSSR count). The van der Waals surface area contributed by atoms with E-state index in [2.05, 4.69) is 15.3 Å². The van der Waals surface area contributed by atoms with Gasteiger partial charge in [0, 0.05) is 24.8 Å². The van der Waals surface area contributed by atoms with Gasteiger partial charge in [0.15, 0.2) is 0 Å². The summed E-state index contributed by atoms with van der Waals surface area (Å²) in [6, 6.07) is 6.97. The van der Waals surface area contributed by atoms with Gasteiger partial charge in [-0.05, 0) is 32.9 Å². The van der Waals surface area contributed by atoms with E-state index in [1.807, 2.05) is 18.7 Å². The first kappa shape index (κ1) is 17.1. The molecule has 23 heavy (non-hydrogen) atoms. The molecule has 124 valence electrons. The predicted molar refractivity (Wildman–Crippen MR) is 85.1 cm³/mol. The second-order valence-electron chi connectivity index (χ2n) is 5.04. The van der Waals surface area contributed by atoms with Crippen molar-refractivity contribution in [3.05, 3.63) is 41.6 Å². The van der Waals surface area contributed by atoms with Crippen LogP contribution < -0.4 is 10.2 Å². The number of aromatic nitrogens is 2. The number of benzene rings is 1. The monoisotopic (exact) mass is 324 g/mol. The van der Waals surface area contributed by atoms with Crippen molar-refractivity contribution in [3.8, 4) is 0 Å². The summed E-state index contributed by atoms with van der Waals surface area (Å²) >= 11 is 0. The van der Waals surface area contributed by atoms with Gasteiger partial charge in [-0.25, -0.2) is 4.98 Å². The molecule has 0 aliphatic heterocycles. The lowest BCUT2D eigenvalue weighted by molar-refractivity contribution is -0.136. The van der Waals surface area contributed by atoms with E-state index in [1.165, 1.54) is 12.1 Å². The van der Waals surface area contributed by atoms with Crippen molar-refractivity contribution >= 4 is 17.5 Å². The van der Waals surface area contributed by atoms with E-state index in [-0.39, 0.29) is 5.69 Å². The fraction of sp³-hybridized carbons (Fsp3) is 0.375. The van der Waals surface area contributed by atoms with Crippen LogP contribution in [-0.2, 0) is 6.18 Å². The van der Waals surface area contributed by atoms with Crippen LogP contribution in [0.2, 0.25) is 0 Å². The summed E-state index contributed by atoms with van der Waals surface area (Å²) in [5.41, 5.74) is -0.0573. The highest BCUT2D eigenvalue weighted by molar-refractivity contribution is 5.62. The second kappa shape index (κ2) is 6.85. The lowest BCUT2D eigenvalue weighted by Gasteiger charge is -2.20. The molecular formula is C16H19F3N4. The van der Waals surface area contributed by atoms with Gasteiger partial charge in [-0.1, -0.05) is 12.1 Å². The minimum absolute atomic E-state index is 0.0244. The van der Waals surface area contributed by atoms with Crippen LogP contribution in [0.4, 0.5) is 30.6 Å². The highest BCUT2D eigenvalue weighted by Crippen LogP contribution is 2.35. The molecule has 0 bridgehead atoms. The fourth-order valence-electron chi connectivity index (χ4n) is 2.24. The molecule has 0 saturated carbocycles. The molecule has 0 unspecified atom stereocenters. The number of nitrogens with one attached hydrogen (secondary N) is 1. The van der Waals surface area contributed by atoms with Crippen LogP contribution in [0.3, 0.4) is 0 Å². The quantitative estimate of drug-likeness (QED) is 0.885. The third kappa shape index (κ3) is 4.12. The zero-order valence-electron chi connectivity index (χ0n) is 13.3. The highest BCUT2D eigenvalue weighted by Gasteiger charge is 2.33. The SMILES string of the molecule is CCN(CC)c1nc(C)cc(Nc2ccccc2C(F)(F)F)n1. The number of hydrogen-bond donors (Lipinski definition) is 1. The maximum absolute atomic E-state index is 13.1. The lowest BCUT2D eigenvalue weighted by atomic mass is 10.1. The number of halogens is 3. The zero-order valence-corrected chi connectivity index (χ0v) is 13.3. The zero-order chi connectivity index (χ0) is 17.0. The lowest BCUT2D eigenvalue weighted by Crippen LogP contribution is -2.24. The van der Waals surface area contributed by atoms with Gasteiger partial charge in [-0.2, -0.15) is 18.2 Å².